The van der Waals surface area contributed by atoms with Crippen LogP contribution in [0.15, 0.2) is 12.1 Å². The Balaban J connectivity index is 2.90. The van der Waals surface area contributed by atoms with Gasteiger partial charge in [0, 0.05) is 12.1 Å². The minimum atomic E-state index is 0.524. The van der Waals surface area contributed by atoms with Gasteiger partial charge in [0.25, 0.3) is 0 Å². The summed E-state index contributed by atoms with van der Waals surface area (Å²) in [7, 11) is 4.72. The normalized spacial score (nSPS) is 10.2. The zero-order chi connectivity index (χ0) is 15.0. The van der Waals surface area contributed by atoms with Gasteiger partial charge >= 0.3 is 0 Å². The van der Waals surface area contributed by atoms with Crippen LogP contribution in [-0.2, 0) is 0 Å². The maximum absolute atomic E-state index is 5.27. The smallest absolute Gasteiger partial charge is 0.223 e. The monoisotopic (exact) mass is 298 g/mol. The first-order chi connectivity index (χ1) is 9.65. The Hall–Kier alpha value is -2.02. The molecule has 1 rings (SSSR count). The van der Waals surface area contributed by atoms with E-state index in [1.807, 2.05) is 19.1 Å². The first-order valence-corrected chi connectivity index (χ1v) is 6.49. The van der Waals surface area contributed by atoms with Crippen molar-refractivity contribution in [1.82, 2.24) is 10.7 Å². The quantitative estimate of drug-likeness (QED) is 0.378. The number of hydrazine groups is 1. The van der Waals surface area contributed by atoms with Crippen molar-refractivity contribution in [3.63, 3.8) is 0 Å². The Bertz CT molecular complexity index is 467. The molecule has 0 radical (unpaired) electrons. The fourth-order valence-electron chi connectivity index (χ4n) is 1.57. The molecule has 0 heterocycles. The highest BCUT2D eigenvalue weighted by molar-refractivity contribution is 7.80. The molecule has 7 heteroatoms. The highest BCUT2D eigenvalue weighted by Crippen LogP contribution is 2.37. The molecule has 0 aliphatic carbocycles. The molecule has 0 aliphatic rings. The van der Waals surface area contributed by atoms with Crippen molar-refractivity contribution in [3.8, 4) is 17.2 Å². The van der Waals surface area contributed by atoms with E-state index in [-0.39, 0.29) is 0 Å². The van der Waals surface area contributed by atoms with Crippen LogP contribution in [0.2, 0.25) is 0 Å². The molecule has 1 aromatic carbocycles. The van der Waals surface area contributed by atoms with E-state index in [0.29, 0.717) is 22.4 Å². The Labute approximate surface area is 124 Å². The highest BCUT2D eigenvalue weighted by atomic mass is 32.1. The summed E-state index contributed by atoms with van der Waals surface area (Å²) in [4.78, 5) is 0. The molecular weight excluding hydrogens is 278 g/mol. The van der Waals surface area contributed by atoms with Gasteiger partial charge in [-0.2, -0.15) is 0 Å². The Morgan fingerprint density at radius 1 is 1.20 bits per heavy atom. The molecule has 0 unspecified atom stereocenters. The molecule has 20 heavy (non-hydrogen) atoms. The number of methoxy groups -OCH3 is 3. The molecule has 0 spiro atoms. The molecule has 110 valence electrons. The molecule has 0 bridgehead atoms. The topological polar surface area (TPSA) is 65.7 Å². The zero-order valence-electron chi connectivity index (χ0n) is 12.1. The van der Waals surface area contributed by atoms with Crippen LogP contribution in [0, 0.1) is 0 Å². The number of ether oxygens (including phenoxy) is 3. The molecule has 0 atom stereocenters. The predicted molar refractivity (Wildman–Crippen MR) is 81.6 cm³/mol. The fourth-order valence-corrected chi connectivity index (χ4v) is 1.78. The van der Waals surface area contributed by atoms with Gasteiger partial charge in [0.1, 0.15) is 0 Å². The van der Waals surface area contributed by atoms with Gasteiger partial charge in [-0.05, 0) is 31.3 Å². The summed E-state index contributed by atoms with van der Waals surface area (Å²) in [5, 5.41) is 6.38. The van der Waals surface area contributed by atoms with Crippen LogP contribution < -0.4 is 30.1 Å². The average molecular weight is 298 g/mol. The Kier molecular flexibility index (Phi) is 6.58. The summed E-state index contributed by atoms with van der Waals surface area (Å²) in [6.45, 7) is 2.73. The number of rotatable bonds is 6. The number of benzene rings is 1. The SMILES string of the molecule is CCNC(=S)N[NH+]=Cc1cc(OC)c(OC)c(OC)c1. The van der Waals surface area contributed by atoms with Gasteiger partial charge in [-0.25, -0.2) is 0 Å². The van der Waals surface area contributed by atoms with Crippen molar-refractivity contribution in [2.75, 3.05) is 27.9 Å². The van der Waals surface area contributed by atoms with E-state index in [9.17, 15) is 0 Å². The maximum atomic E-state index is 5.27. The lowest BCUT2D eigenvalue weighted by molar-refractivity contribution is -0.500. The summed E-state index contributed by atoms with van der Waals surface area (Å²) < 4.78 is 15.8. The minimum absolute atomic E-state index is 0.524. The summed E-state index contributed by atoms with van der Waals surface area (Å²) >= 11 is 5.03. The second-order valence-electron chi connectivity index (χ2n) is 3.73. The molecule has 0 aromatic heterocycles. The molecule has 0 aliphatic heterocycles. The number of hydrogen-bond acceptors (Lipinski definition) is 4. The molecule has 0 amide bonds. The van der Waals surface area contributed by atoms with E-state index < -0.39 is 0 Å². The highest BCUT2D eigenvalue weighted by Gasteiger charge is 2.13. The van der Waals surface area contributed by atoms with Crippen molar-refractivity contribution in [2.24, 2.45) is 0 Å². The fraction of sp³-hybridized carbons (Fsp3) is 0.385. The van der Waals surface area contributed by atoms with E-state index in [4.69, 9.17) is 26.4 Å². The molecule has 1 aromatic rings. The van der Waals surface area contributed by atoms with E-state index in [1.165, 1.54) is 0 Å². The predicted octanol–water partition coefficient (Wildman–Crippen LogP) is -0.389. The lowest BCUT2D eigenvalue weighted by Gasteiger charge is -2.11. The lowest BCUT2D eigenvalue weighted by atomic mass is 10.2. The van der Waals surface area contributed by atoms with Crippen LogP contribution in [0.3, 0.4) is 0 Å². The van der Waals surface area contributed by atoms with Crippen molar-refractivity contribution >= 4 is 23.5 Å². The van der Waals surface area contributed by atoms with Crippen LogP contribution in [0.4, 0.5) is 0 Å². The average Bonchev–Trinajstić information content (AvgIpc) is 2.46. The number of hydrazone groups is 1. The number of nitrogens with one attached hydrogen (secondary N) is 3. The van der Waals surface area contributed by atoms with Gasteiger partial charge in [0.05, 0.1) is 21.3 Å². The van der Waals surface area contributed by atoms with Gasteiger partial charge in [0.2, 0.25) is 10.9 Å². The minimum Gasteiger partial charge on any atom is -0.493 e. The van der Waals surface area contributed by atoms with E-state index in [0.717, 1.165) is 12.1 Å². The third-order valence-corrected chi connectivity index (χ3v) is 2.70. The van der Waals surface area contributed by atoms with Gasteiger partial charge in [0.15, 0.2) is 17.7 Å². The van der Waals surface area contributed by atoms with Crippen LogP contribution in [-0.4, -0.2) is 39.2 Å². The molecule has 3 N–H and O–H groups in total. The van der Waals surface area contributed by atoms with Crippen molar-refractivity contribution < 1.29 is 19.3 Å². The van der Waals surface area contributed by atoms with Crippen molar-refractivity contribution in [1.29, 1.82) is 0 Å². The second kappa shape index (κ2) is 8.21. The number of thiocarbonyl (C=S) groups is 1. The van der Waals surface area contributed by atoms with Crippen molar-refractivity contribution in [2.45, 2.75) is 6.92 Å². The summed E-state index contributed by atoms with van der Waals surface area (Å²) in [6.07, 6.45) is 1.74. The van der Waals surface area contributed by atoms with Gasteiger partial charge < -0.3 is 19.5 Å². The van der Waals surface area contributed by atoms with E-state index in [1.54, 1.807) is 27.5 Å². The van der Waals surface area contributed by atoms with Gasteiger partial charge in [-0.3, -0.25) is 0 Å². The molecule has 0 saturated heterocycles. The molecule has 0 fully saturated rings. The van der Waals surface area contributed by atoms with E-state index in [2.05, 4.69) is 15.8 Å². The van der Waals surface area contributed by atoms with Crippen LogP contribution in [0.1, 0.15) is 12.5 Å². The Morgan fingerprint density at radius 2 is 1.80 bits per heavy atom. The summed E-state index contributed by atoms with van der Waals surface area (Å²) in [6, 6.07) is 3.65. The first-order valence-electron chi connectivity index (χ1n) is 6.08. The summed E-state index contributed by atoms with van der Waals surface area (Å²) in [5.41, 5.74) is 3.69. The Morgan fingerprint density at radius 3 is 2.25 bits per heavy atom. The van der Waals surface area contributed by atoms with Crippen LogP contribution >= 0.6 is 12.2 Å². The molecular formula is C13H20N3O3S+. The lowest BCUT2D eigenvalue weighted by Crippen LogP contribution is -2.82. The molecule has 0 saturated carbocycles. The van der Waals surface area contributed by atoms with Crippen molar-refractivity contribution in [3.05, 3.63) is 17.7 Å². The molecule has 6 nitrogen and oxygen atoms in total. The van der Waals surface area contributed by atoms with E-state index >= 15 is 0 Å². The third kappa shape index (κ3) is 4.27. The zero-order valence-corrected chi connectivity index (χ0v) is 12.9. The van der Waals surface area contributed by atoms with Crippen LogP contribution in [0.25, 0.3) is 0 Å². The van der Waals surface area contributed by atoms with Crippen LogP contribution in [0.5, 0.6) is 17.2 Å². The maximum Gasteiger partial charge on any atom is 0.223 e. The second-order valence-corrected chi connectivity index (χ2v) is 4.14. The summed E-state index contributed by atoms with van der Waals surface area (Å²) in [5.74, 6) is 1.74. The largest absolute Gasteiger partial charge is 0.493 e. The third-order valence-electron chi connectivity index (χ3n) is 2.45. The van der Waals surface area contributed by atoms with Gasteiger partial charge in [-0.15, -0.1) is 10.5 Å². The first kappa shape index (κ1) is 16.0. The number of hydrogen-bond donors (Lipinski definition) is 3. The standard InChI is InChI=1S/C13H19N3O3S/c1-5-14-13(20)16-15-8-9-6-10(17-2)12(19-4)11(7-9)18-3/h6-8H,5H2,1-4H3,(H2,14,16,20)/p+1. The van der Waals surface area contributed by atoms with Gasteiger partial charge in [-0.1, -0.05) is 0 Å².